The average molecular weight is 498 g/mol. The van der Waals surface area contributed by atoms with Gasteiger partial charge < -0.3 is 25.0 Å². The van der Waals surface area contributed by atoms with Crippen molar-refractivity contribution in [3.63, 3.8) is 0 Å². The number of benzene rings is 1. The average Bonchev–Trinajstić information content (AvgIpc) is 3.24. The van der Waals surface area contributed by atoms with E-state index in [0.29, 0.717) is 11.6 Å². The standard InChI is InChI=1S/C25H31N5O4S/c1-17-13-19(33-12-11-26-22(31)16-30(5)24(32)34-25(2,3)4)14-21(28-17)29-23-27-15-20(35-23)18-9-7-6-8-10-18/h6-10,13-15H,11-12,16H2,1-5H3,(H,26,31)(H,27,28,29). The molecule has 0 bridgehead atoms. The molecule has 0 aliphatic carbocycles. The van der Waals surface area contributed by atoms with Crippen molar-refractivity contribution in [1.29, 1.82) is 0 Å². The molecule has 0 saturated heterocycles. The summed E-state index contributed by atoms with van der Waals surface area (Å²) in [6.45, 7) is 7.66. The Kier molecular flexibility index (Phi) is 8.64. The van der Waals surface area contributed by atoms with E-state index < -0.39 is 11.7 Å². The Morgan fingerprint density at radius 1 is 1.14 bits per heavy atom. The second-order valence-corrected chi connectivity index (χ2v) is 9.92. The van der Waals surface area contributed by atoms with Gasteiger partial charge in [-0.15, -0.1) is 0 Å². The van der Waals surface area contributed by atoms with Crippen molar-refractivity contribution < 1.29 is 19.1 Å². The highest BCUT2D eigenvalue weighted by Crippen LogP contribution is 2.30. The van der Waals surface area contributed by atoms with Crippen LogP contribution in [0.1, 0.15) is 26.5 Å². The zero-order valence-electron chi connectivity index (χ0n) is 20.6. The highest BCUT2D eigenvalue weighted by atomic mass is 32.1. The van der Waals surface area contributed by atoms with Crippen LogP contribution in [-0.2, 0) is 9.53 Å². The number of aromatic nitrogens is 2. The summed E-state index contributed by atoms with van der Waals surface area (Å²) in [7, 11) is 1.52. The number of likely N-dealkylation sites (N-methyl/N-ethyl adjacent to an activating group) is 1. The van der Waals surface area contributed by atoms with Crippen LogP contribution in [0.4, 0.5) is 15.7 Å². The van der Waals surface area contributed by atoms with Gasteiger partial charge in [0.2, 0.25) is 5.91 Å². The van der Waals surface area contributed by atoms with Gasteiger partial charge in [0, 0.05) is 31.1 Å². The van der Waals surface area contributed by atoms with Crippen LogP contribution < -0.4 is 15.4 Å². The number of carbonyl (C=O) groups excluding carboxylic acids is 2. The Balaban J connectivity index is 1.47. The molecule has 1 aromatic carbocycles. The maximum Gasteiger partial charge on any atom is 0.410 e. The number of nitrogens with zero attached hydrogens (tertiary/aromatic N) is 3. The summed E-state index contributed by atoms with van der Waals surface area (Å²) < 4.78 is 11.0. The molecule has 0 spiro atoms. The predicted octanol–water partition coefficient (Wildman–Crippen LogP) is 4.62. The molecule has 0 radical (unpaired) electrons. The number of aryl methyl sites for hydroxylation is 1. The van der Waals surface area contributed by atoms with Crippen molar-refractivity contribution in [3.05, 3.63) is 54.4 Å². The van der Waals surface area contributed by atoms with Crippen molar-refractivity contribution in [2.24, 2.45) is 0 Å². The fraction of sp³-hybridized carbons (Fsp3) is 0.360. The first-order valence-corrected chi connectivity index (χ1v) is 12.0. The number of ether oxygens (including phenoxy) is 2. The molecule has 0 atom stereocenters. The molecular formula is C25H31N5O4S. The largest absolute Gasteiger partial charge is 0.492 e. The van der Waals surface area contributed by atoms with E-state index in [1.807, 2.05) is 49.5 Å². The molecule has 0 unspecified atom stereocenters. The maximum absolute atomic E-state index is 12.1. The molecule has 186 valence electrons. The van der Waals surface area contributed by atoms with Gasteiger partial charge in [-0.3, -0.25) is 4.79 Å². The first kappa shape index (κ1) is 26.0. The molecule has 0 saturated carbocycles. The van der Waals surface area contributed by atoms with Crippen molar-refractivity contribution in [2.75, 3.05) is 32.1 Å². The molecule has 3 aromatic rings. The molecule has 0 aliphatic heterocycles. The summed E-state index contributed by atoms with van der Waals surface area (Å²) >= 11 is 1.54. The Morgan fingerprint density at radius 2 is 1.89 bits per heavy atom. The zero-order chi connectivity index (χ0) is 25.4. The molecule has 9 nitrogen and oxygen atoms in total. The second kappa shape index (κ2) is 11.7. The summed E-state index contributed by atoms with van der Waals surface area (Å²) in [5.74, 6) is 0.949. The van der Waals surface area contributed by atoms with Crippen LogP contribution in [0.2, 0.25) is 0 Å². The lowest BCUT2D eigenvalue weighted by Gasteiger charge is -2.24. The topological polar surface area (TPSA) is 106 Å². The first-order chi connectivity index (χ1) is 16.6. The van der Waals surface area contributed by atoms with Crippen molar-refractivity contribution in [3.8, 4) is 16.2 Å². The Morgan fingerprint density at radius 3 is 2.60 bits per heavy atom. The number of hydrogen-bond acceptors (Lipinski definition) is 8. The molecule has 3 rings (SSSR count). The van der Waals surface area contributed by atoms with E-state index >= 15 is 0 Å². The molecule has 0 aliphatic rings. The van der Waals surface area contributed by atoms with Gasteiger partial charge in [0.15, 0.2) is 5.13 Å². The van der Waals surface area contributed by atoms with Crippen LogP contribution in [0, 0.1) is 6.92 Å². The Labute approximate surface area is 209 Å². The van der Waals surface area contributed by atoms with Gasteiger partial charge in [-0.2, -0.15) is 0 Å². The van der Waals surface area contributed by atoms with Gasteiger partial charge in [-0.25, -0.2) is 14.8 Å². The van der Waals surface area contributed by atoms with Crippen LogP contribution in [0.15, 0.2) is 48.7 Å². The van der Waals surface area contributed by atoms with Gasteiger partial charge in [0.25, 0.3) is 0 Å². The number of thiazole rings is 1. The minimum absolute atomic E-state index is 0.101. The zero-order valence-corrected chi connectivity index (χ0v) is 21.4. The van der Waals surface area contributed by atoms with Crippen LogP contribution in [0.5, 0.6) is 5.75 Å². The highest BCUT2D eigenvalue weighted by Gasteiger charge is 2.21. The third-order valence-electron chi connectivity index (χ3n) is 4.50. The van der Waals surface area contributed by atoms with Crippen molar-refractivity contribution in [1.82, 2.24) is 20.2 Å². The quantitative estimate of drug-likeness (QED) is 0.416. The number of rotatable bonds is 9. The van der Waals surface area contributed by atoms with Gasteiger partial charge >= 0.3 is 6.09 Å². The summed E-state index contributed by atoms with van der Waals surface area (Å²) in [5.41, 5.74) is 1.28. The molecule has 2 N–H and O–H groups in total. The van der Waals surface area contributed by atoms with Gasteiger partial charge in [-0.1, -0.05) is 41.7 Å². The molecule has 2 heterocycles. The molecule has 10 heteroatoms. The minimum atomic E-state index is -0.615. The number of hydrogen-bond donors (Lipinski definition) is 2. The van der Waals surface area contributed by atoms with Gasteiger partial charge in [-0.05, 0) is 33.3 Å². The van der Waals surface area contributed by atoms with Gasteiger partial charge in [0.05, 0.1) is 11.4 Å². The lowest BCUT2D eigenvalue weighted by Crippen LogP contribution is -2.41. The minimum Gasteiger partial charge on any atom is -0.492 e. The smallest absolute Gasteiger partial charge is 0.410 e. The van der Waals surface area contributed by atoms with E-state index in [2.05, 4.69) is 20.6 Å². The Hall–Kier alpha value is -3.66. The summed E-state index contributed by atoms with van der Waals surface area (Å²) in [6.07, 6.45) is 1.28. The van der Waals surface area contributed by atoms with Gasteiger partial charge in [0.1, 0.15) is 30.3 Å². The molecule has 35 heavy (non-hydrogen) atoms. The van der Waals surface area contributed by atoms with Crippen LogP contribution >= 0.6 is 11.3 Å². The predicted molar refractivity (Wildman–Crippen MR) is 137 cm³/mol. The van der Waals surface area contributed by atoms with E-state index in [-0.39, 0.29) is 25.6 Å². The summed E-state index contributed by atoms with van der Waals surface area (Å²) in [6, 6.07) is 13.7. The lowest BCUT2D eigenvalue weighted by molar-refractivity contribution is -0.122. The number of anilines is 2. The van der Waals surface area contributed by atoms with Crippen LogP contribution in [0.25, 0.3) is 10.4 Å². The molecule has 2 amide bonds. The number of nitrogens with one attached hydrogen (secondary N) is 2. The Bertz CT molecular complexity index is 1140. The normalized spacial score (nSPS) is 11.0. The summed E-state index contributed by atoms with van der Waals surface area (Å²) in [5, 5.41) is 6.70. The van der Waals surface area contributed by atoms with Crippen LogP contribution in [0.3, 0.4) is 0 Å². The van der Waals surface area contributed by atoms with E-state index in [1.54, 1.807) is 26.8 Å². The summed E-state index contributed by atoms with van der Waals surface area (Å²) in [4.78, 5) is 35.3. The SMILES string of the molecule is Cc1cc(OCCNC(=O)CN(C)C(=O)OC(C)(C)C)cc(Nc2ncc(-c3ccccc3)s2)n1. The first-order valence-electron chi connectivity index (χ1n) is 11.2. The fourth-order valence-corrected chi connectivity index (χ4v) is 3.83. The molecular weight excluding hydrogens is 466 g/mol. The third kappa shape index (κ3) is 8.56. The highest BCUT2D eigenvalue weighted by molar-refractivity contribution is 7.18. The van der Waals surface area contributed by atoms with Crippen molar-refractivity contribution in [2.45, 2.75) is 33.3 Å². The van der Waals surface area contributed by atoms with Crippen molar-refractivity contribution >= 4 is 34.3 Å². The monoisotopic (exact) mass is 497 g/mol. The molecule has 0 fully saturated rings. The number of pyridine rings is 1. The number of amides is 2. The van der Waals surface area contributed by atoms with E-state index in [9.17, 15) is 9.59 Å². The second-order valence-electron chi connectivity index (χ2n) is 8.88. The maximum atomic E-state index is 12.1. The van der Waals surface area contributed by atoms with E-state index in [4.69, 9.17) is 9.47 Å². The van der Waals surface area contributed by atoms with Crippen LogP contribution in [-0.4, -0.2) is 59.2 Å². The molecule has 2 aromatic heterocycles. The third-order valence-corrected chi connectivity index (χ3v) is 5.47. The fourth-order valence-electron chi connectivity index (χ4n) is 3.00. The number of carbonyl (C=O) groups is 2. The lowest BCUT2D eigenvalue weighted by atomic mass is 10.2. The van der Waals surface area contributed by atoms with E-state index in [1.165, 1.54) is 23.3 Å². The van der Waals surface area contributed by atoms with E-state index in [0.717, 1.165) is 21.3 Å².